The predicted octanol–water partition coefficient (Wildman–Crippen LogP) is 0.468. The Kier molecular flexibility index (Phi) is 5.26. The standard InChI is InChI=1S/C13H17N5O4/c1-9(19)22-4-3-21-8-18-7-10(5-16-18)11-6-15-13(14)17-12(11)20-2/h5-7H,3-4,8H2,1-2H3,(H2,14,15,17). The first kappa shape index (κ1) is 15.7. The van der Waals surface area contributed by atoms with Gasteiger partial charge in [0.25, 0.3) is 0 Å². The van der Waals surface area contributed by atoms with Crippen LogP contribution in [0.1, 0.15) is 6.92 Å². The highest BCUT2D eigenvalue weighted by atomic mass is 16.6. The van der Waals surface area contributed by atoms with Crippen LogP contribution in [-0.2, 0) is 21.0 Å². The van der Waals surface area contributed by atoms with Crippen LogP contribution in [0.3, 0.4) is 0 Å². The highest BCUT2D eigenvalue weighted by Crippen LogP contribution is 2.27. The van der Waals surface area contributed by atoms with E-state index in [0.29, 0.717) is 18.1 Å². The van der Waals surface area contributed by atoms with Crippen LogP contribution in [0.25, 0.3) is 11.1 Å². The Bertz CT molecular complexity index is 643. The molecule has 0 aromatic carbocycles. The van der Waals surface area contributed by atoms with Gasteiger partial charge in [-0.1, -0.05) is 0 Å². The Morgan fingerprint density at radius 3 is 2.91 bits per heavy atom. The topological polar surface area (TPSA) is 114 Å². The summed E-state index contributed by atoms with van der Waals surface area (Å²) in [4.78, 5) is 18.5. The van der Waals surface area contributed by atoms with Crippen molar-refractivity contribution in [2.45, 2.75) is 13.7 Å². The van der Waals surface area contributed by atoms with Gasteiger partial charge in [-0.15, -0.1) is 0 Å². The molecule has 2 aromatic heterocycles. The number of nitrogens with zero attached hydrogens (tertiary/aromatic N) is 4. The molecule has 2 rings (SSSR count). The number of anilines is 1. The van der Waals surface area contributed by atoms with E-state index in [0.717, 1.165) is 5.56 Å². The van der Waals surface area contributed by atoms with Gasteiger partial charge in [-0.3, -0.25) is 4.79 Å². The molecule has 0 bridgehead atoms. The molecule has 0 aliphatic rings. The van der Waals surface area contributed by atoms with Gasteiger partial charge in [0.2, 0.25) is 11.8 Å². The molecule has 0 radical (unpaired) electrons. The number of ether oxygens (including phenoxy) is 3. The molecule has 0 aliphatic heterocycles. The molecule has 2 aromatic rings. The fourth-order valence-corrected chi connectivity index (χ4v) is 1.71. The molecule has 0 amide bonds. The summed E-state index contributed by atoms with van der Waals surface area (Å²) in [6.45, 7) is 2.09. The van der Waals surface area contributed by atoms with E-state index in [4.69, 9.17) is 19.9 Å². The molecule has 0 aliphatic carbocycles. The molecule has 0 saturated heterocycles. The summed E-state index contributed by atoms with van der Waals surface area (Å²) < 4.78 is 16.9. The number of nitrogen functional groups attached to an aromatic ring is 1. The highest BCUT2D eigenvalue weighted by Gasteiger charge is 2.11. The summed E-state index contributed by atoms with van der Waals surface area (Å²) in [6.07, 6.45) is 4.99. The summed E-state index contributed by atoms with van der Waals surface area (Å²) in [5.74, 6) is 0.185. The van der Waals surface area contributed by atoms with Gasteiger partial charge in [0.1, 0.15) is 13.3 Å². The number of methoxy groups -OCH3 is 1. The summed E-state index contributed by atoms with van der Waals surface area (Å²) in [5.41, 5.74) is 6.98. The second kappa shape index (κ2) is 7.36. The van der Waals surface area contributed by atoms with Crippen LogP contribution in [-0.4, -0.2) is 46.0 Å². The van der Waals surface area contributed by atoms with Gasteiger partial charge in [0.15, 0.2) is 0 Å². The molecule has 118 valence electrons. The van der Waals surface area contributed by atoms with E-state index < -0.39 is 0 Å². The zero-order valence-electron chi connectivity index (χ0n) is 12.4. The first-order valence-corrected chi connectivity index (χ1v) is 6.50. The van der Waals surface area contributed by atoms with Crippen LogP contribution in [0, 0.1) is 0 Å². The summed E-state index contributed by atoms with van der Waals surface area (Å²) in [5, 5.41) is 4.16. The van der Waals surface area contributed by atoms with Gasteiger partial charge in [-0.05, 0) is 0 Å². The van der Waals surface area contributed by atoms with E-state index in [1.54, 1.807) is 23.3 Å². The van der Waals surface area contributed by atoms with Gasteiger partial charge in [-0.2, -0.15) is 10.1 Å². The van der Waals surface area contributed by atoms with Crippen LogP contribution in [0.2, 0.25) is 0 Å². The highest BCUT2D eigenvalue weighted by molar-refractivity contribution is 5.67. The normalized spacial score (nSPS) is 10.5. The molecule has 22 heavy (non-hydrogen) atoms. The minimum absolute atomic E-state index is 0.141. The number of nitrogens with two attached hydrogens (primary N) is 1. The van der Waals surface area contributed by atoms with Gasteiger partial charge >= 0.3 is 5.97 Å². The quantitative estimate of drug-likeness (QED) is 0.580. The third kappa shape index (κ3) is 4.16. The van der Waals surface area contributed by atoms with Crippen LogP contribution in [0.5, 0.6) is 5.88 Å². The Balaban J connectivity index is 1.95. The molecule has 9 heteroatoms. The first-order chi connectivity index (χ1) is 10.6. The maximum absolute atomic E-state index is 10.6. The van der Waals surface area contributed by atoms with E-state index in [-0.39, 0.29) is 25.3 Å². The first-order valence-electron chi connectivity index (χ1n) is 6.50. The summed E-state index contributed by atoms with van der Waals surface area (Å²) >= 11 is 0. The fraction of sp³-hybridized carbons (Fsp3) is 0.385. The van der Waals surface area contributed by atoms with Crippen LogP contribution < -0.4 is 10.5 Å². The maximum Gasteiger partial charge on any atom is 0.302 e. The number of rotatable bonds is 7. The molecule has 0 spiro atoms. The number of aromatic nitrogens is 4. The van der Waals surface area contributed by atoms with E-state index >= 15 is 0 Å². The smallest absolute Gasteiger partial charge is 0.302 e. The second-order valence-electron chi connectivity index (χ2n) is 4.30. The van der Waals surface area contributed by atoms with Gasteiger partial charge < -0.3 is 19.9 Å². The van der Waals surface area contributed by atoms with E-state index in [1.165, 1.54) is 14.0 Å². The monoisotopic (exact) mass is 307 g/mol. The minimum atomic E-state index is -0.333. The average molecular weight is 307 g/mol. The van der Waals surface area contributed by atoms with Crippen molar-refractivity contribution in [2.75, 3.05) is 26.1 Å². The lowest BCUT2D eigenvalue weighted by Crippen LogP contribution is -2.10. The van der Waals surface area contributed by atoms with Crippen molar-refractivity contribution in [3.8, 4) is 17.0 Å². The fourth-order valence-electron chi connectivity index (χ4n) is 1.71. The summed E-state index contributed by atoms with van der Waals surface area (Å²) in [7, 11) is 1.51. The molecule has 0 fully saturated rings. The van der Waals surface area contributed by atoms with Crippen molar-refractivity contribution in [3.63, 3.8) is 0 Å². The molecule has 2 N–H and O–H groups in total. The Hall–Kier alpha value is -2.68. The lowest BCUT2D eigenvalue weighted by atomic mass is 10.2. The second-order valence-corrected chi connectivity index (χ2v) is 4.30. The van der Waals surface area contributed by atoms with Gasteiger partial charge in [0, 0.05) is 24.9 Å². The van der Waals surface area contributed by atoms with Crippen LogP contribution >= 0.6 is 0 Å². The molecule has 0 saturated carbocycles. The zero-order chi connectivity index (χ0) is 15.9. The van der Waals surface area contributed by atoms with E-state index in [2.05, 4.69) is 15.1 Å². The number of hydrogen-bond acceptors (Lipinski definition) is 8. The van der Waals surface area contributed by atoms with Crippen molar-refractivity contribution < 1.29 is 19.0 Å². The minimum Gasteiger partial charge on any atom is -0.480 e. The van der Waals surface area contributed by atoms with Crippen LogP contribution in [0.15, 0.2) is 18.6 Å². The molecular weight excluding hydrogens is 290 g/mol. The maximum atomic E-state index is 10.6. The van der Waals surface area contributed by atoms with Crippen LogP contribution in [0.4, 0.5) is 5.95 Å². The summed E-state index contributed by atoms with van der Waals surface area (Å²) in [6, 6.07) is 0. The number of hydrogen-bond donors (Lipinski definition) is 1. The van der Waals surface area contributed by atoms with Crippen molar-refractivity contribution in [2.24, 2.45) is 0 Å². The Labute approximate surface area is 127 Å². The molecule has 0 atom stereocenters. The lowest BCUT2D eigenvalue weighted by Gasteiger charge is -2.05. The van der Waals surface area contributed by atoms with E-state index in [9.17, 15) is 4.79 Å². The van der Waals surface area contributed by atoms with Gasteiger partial charge in [-0.25, -0.2) is 9.67 Å². The molecule has 0 unspecified atom stereocenters. The van der Waals surface area contributed by atoms with Crippen molar-refractivity contribution in [1.29, 1.82) is 0 Å². The number of esters is 1. The third-order valence-corrected chi connectivity index (χ3v) is 2.67. The third-order valence-electron chi connectivity index (χ3n) is 2.67. The zero-order valence-corrected chi connectivity index (χ0v) is 12.4. The van der Waals surface area contributed by atoms with E-state index in [1.807, 2.05) is 0 Å². The predicted molar refractivity (Wildman–Crippen MR) is 76.8 cm³/mol. The molecule has 2 heterocycles. The number of carbonyl (C=O) groups excluding carboxylic acids is 1. The molecule has 9 nitrogen and oxygen atoms in total. The average Bonchev–Trinajstić information content (AvgIpc) is 2.95. The lowest BCUT2D eigenvalue weighted by molar-refractivity contribution is -0.142. The van der Waals surface area contributed by atoms with Crippen molar-refractivity contribution in [1.82, 2.24) is 19.7 Å². The largest absolute Gasteiger partial charge is 0.480 e. The van der Waals surface area contributed by atoms with Gasteiger partial charge in [0.05, 0.1) is 25.5 Å². The number of carbonyl (C=O) groups is 1. The Morgan fingerprint density at radius 2 is 2.18 bits per heavy atom. The van der Waals surface area contributed by atoms with Crippen molar-refractivity contribution >= 4 is 11.9 Å². The molecular formula is C13H17N5O4. The Morgan fingerprint density at radius 1 is 1.36 bits per heavy atom. The SMILES string of the molecule is COc1nc(N)ncc1-c1cnn(COCCOC(C)=O)c1. The van der Waals surface area contributed by atoms with Crippen molar-refractivity contribution in [3.05, 3.63) is 18.6 Å².